The minimum Gasteiger partial charge on any atom is -0.378 e. The van der Waals surface area contributed by atoms with E-state index in [0.717, 1.165) is 43.2 Å². The Labute approximate surface area is 190 Å². The topological polar surface area (TPSA) is 94.3 Å². The Kier molecular flexibility index (Phi) is 5.62. The molecule has 9 nitrogen and oxygen atoms in total. The van der Waals surface area contributed by atoms with Crippen LogP contribution in [0.5, 0.6) is 0 Å². The van der Waals surface area contributed by atoms with Gasteiger partial charge in [-0.15, -0.1) is 0 Å². The van der Waals surface area contributed by atoms with E-state index in [1.807, 2.05) is 55.5 Å². The van der Waals surface area contributed by atoms with Crippen LogP contribution in [-0.2, 0) is 16.1 Å². The molecule has 0 unspecified atom stereocenters. The third-order valence-electron chi connectivity index (χ3n) is 5.74. The number of hydrogen-bond donors (Lipinski definition) is 1. The lowest BCUT2D eigenvalue weighted by molar-refractivity contribution is -0.116. The summed E-state index contributed by atoms with van der Waals surface area (Å²) in [6.45, 7) is 4.98. The number of benzene rings is 2. The van der Waals surface area contributed by atoms with Gasteiger partial charge in [0.1, 0.15) is 18.3 Å². The number of anilines is 2. The van der Waals surface area contributed by atoms with Crippen LogP contribution in [0.1, 0.15) is 5.56 Å². The highest BCUT2D eigenvalue weighted by Crippen LogP contribution is 2.19. The zero-order chi connectivity index (χ0) is 22.8. The highest BCUT2D eigenvalue weighted by Gasteiger charge is 2.15. The van der Waals surface area contributed by atoms with Gasteiger partial charge in [-0.2, -0.15) is 5.10 Å². The lowest BCUT2D eigenvalue weighted by Crippen LogP contribution is -2.36. The van der Waals surface area contributed by atoms with E-state index in [4.69, 9.17) is 4.74 Å². The van der Waals surface area contributed by atoms with Crippen LogP contribution in [0.25, 0.3) is 16.7 Å². The number of amides is 1. The zero-order valence-corrected chi connectivity index (χ0v) is 18.3. The Hall–Kier alpha value is -3.98. The number of para-hydroxylation sites is 1. The first-order valence-corrected chi connectivity index (χ1v) is 10.8. The highest BCUT2D eigenvalue weighted by atomic mass is 16.5. The number of rotatable bonds is 5. The summed E-state index contributed by atoms with van der Waals surface area (Å²) in [4.78, 5) is 32.2. The van der Waals surface area contributed by atoms with Gasteiger partial charge >= 0.3 is 0 Å². The van der Waals surface area contributed by atoms with Crippen molar-refractivity contribution in [3.63, 3.8) is 0 Å². The van der Waals surface area contributed by atoms with Gasteiger partial charge in [-0.1, -0.05) is 18.2 Å². The molecule has 0 atom stereocenters. The number of nitrogens with zero attached hydrogens (tertiary/aromatic N) is 5. The Morgan fingerprint density at radius 2 is 1.85 bits per heavy atom. The molecule has 1 fully saturated rings. The first-order valence-electron chi connectivity index (χ1n) is 10.8. The minimum absolute atomic E-state index is 0.136. The van der Waals surface area contributed by atoms with Crippen LogP contribution in [0.4, 0.5) is 11.4 Å². The fourth-order valence-corrected chi connectivity index (χ4v) is 3.97. The Morgan fingerprint density at radius 1 is 1.09 bits per heavy atom. The fourth-order valence-electron chi connectivity index (χ4n) is 3.97. The molecule has 9 heteroatoms. The number of aromatic nitrogens is 4. The molecule has 168 valence electrons. The van der Waals surface area contributed by atoms with Crippen LogP contribution in [0, 0.1) is 6.92 Å². The molecule has 4 aromatic rings. The van der Waals surface area contributed by atoms with Gasteiger partial charge in [0.15, 0.2) is 5.65 Å². The van der Waals surface area contributed by atoms with E-state index in [-0.39, 0.29) is 18.0 Å². The van der Waals surface area contributed by atoms with E-state index in [1.54, 1.807) is 4.68 Å². The molecule has 2 aromatic carbocycles. The van der Waals surface area contributed by atoms with Crippen LogP contribution in [0.2, 0.25) is 0 Å². The predicted octanol–water partition coefficient (Wildman–Crippen LogP) is 2.37. The molecule has 33 heavy (non-hydrogen) atoms. The van der Waals surface area contributed by atoms with E-state index >= 15 is 0 Å². The molecular weight excluding hydrogens is 420 g/mol. The van der Waals surface area contributed by atoms with Gasteiger partial charge in [0.25, 0.3) is 5.56 Å². The normalized spacial score (nSPS) is 13.9. The Bertz CT molecular complexity index is 1350. The summed E-state index contributed by atoms with van der Waals surface area (Å²) >= 11 is 0. The SMILES string of the molecule is Cc1ccccc1-n1ncc2c(=O)n(CC(=O)Nc3ccc(N4CCOCC4)cc3)cnc21. The van der Waals surface area contributed by atoms with Gasteiger partial charge in [0.05, 0.1) is 25.1 Å². The van der Waals surface area contributed by atoms with E-state index < -0.39 is 0 Å². The first-order chi connectivity index (χ1) is 16.1. The van der Waals surface area contributed by atoms with Gasteiger partial charge in [-0.05, 0) is 42.8 Å². The zero-order valence-electron chi connectivity index (χ0n) is 18.3. The molecule has 0 radical (unpaired) electrons. The standard InChI is InChI=1S/C24H24N6O3/c1-17-4-2-3-5-21(17)30-23-20(14-26-30)24(32)29(16-25-23)15-22(31)27-18-6-8-19(9-7-18)28-10-12-33-13-11-28/h2-9,14,16H,10-13,15H2,1H3,(H,27,31). The lowest BCUT2D eigenvalue weighted by Gasteiger charge is -2.28. The largest absolute Gasteiger partial charge is 0.378 e. The van der Waals surface area contributed by atoms with Gasteiger partial charge in [0.2, 0.25) is 5.91 Å². The second-order valence-corrected chi connectivity index (χ2v) is 7.95. The third kappa shape index (κ3) is 4.22. The van der Waals surface area contributed by atoms with E-state index in [9.17, 15) is 9.59 Å². The Balaban J connectivity index is 1.31. The number of fused-ring (bicyclic) bond motifs is 1. The maximum atomic E-state index is 12.9. The van der Waals surface area contributed by atoms with Crippen molar-refractivity contribution >= 4 is 28.3 Å². The van der Waals surface area contributed by atoms with Gasteiger partial charge in [0, 0.05) is 24.5 Å². The van der Waals surface area contributed by atoms with Crippen LogP contribution in [0.3, 0.4) is 0 Å². The molecule has 1 aliphatic heterocycles. The van der Waals surface area contributed by atoms with Gasteiger partial charge < -0.3 is 15.0 Å². The van der Waals surface area contributed by atoms with Crippen molar-refractivity contribution in [1.82, 2.24) is 19.3 Å². The van der Waals surface area contributed by atoms with Crippen LogP contribution >= 0.6 is 0 Å². The fraction of sp³-hybridized carbons (Fsp3) is 0.250. The summed E-state index contributed by atoms with van der Waals surface area (Å²) < 4.78 is 8.32. The van der Waals surface area contributed by atoms with E-state index in [1.165, 1.54) is 17.1 Å². The molecular formula is C24H24N6O3. The van der Waals surface area contributed by atoms with Gasteiger partial charge in [-0.3, -0.25) is 14.2 Å². The average Bonchev–Trinajstić information content (AvgIpc) is 3.27. The van der Waals surface area contributed by atoms with Crippen LogP contribution in [-0.4, -0.2) is 51.5 Å². The summed E-state index contributed by atoms with van der Waals surface area (Å²) in [5, 5.41) is 7.56. The minimum atomic E-state index is -0.308. The van der Waals surface area contributed by atoms with Crippen LogP contribution in [0.15, 0.2) is 65.8 Å². The molecule has 1 saturated heterocycles. The van der Waals surface area contributed by atoms with Crippen molar-refractivity contribution < 1.29 is 9.53 Å². The lowest BCUT2D eigenvalue weighted by atomic mass is 10.2. The second kappa shape index (κ2) is 8.87. The molecule has 0 bridgehead atoms. The average molecular weight is 444 g/mol. The van der Waals surface area contributed by atoms with Crippen molar-refractivity contribution in [2.45, 2.75) is 13.5 Å². The van der Waals surface area contributed by atoms with Crippen LogP contribution < -0.4 is 15.8 Å². The first kappa shape index (κ1) is 20.9. The van der Waals surface area contributed by atoms with Crippen molar-refractivity contribution in [2.75, 3.05) is 36.5 Å². The predicted molar refractivity (Wildman–Crippen MR) is 126 cm³/mol. The summed E-state index contributed by atoms with van der Waals surface area (Å²) in [5.41, 5.74) is 3.80. The van der Waals surface area contributed by atoms with E-state index in [0.29, 0.717) is 16.7 Å². The monoisotopic (exact) mass is 444 g/mol. The van der Waals surface area contributed by atoms with Crippen molar-refractivity contribution in [1.29, 1.82) is 0 Å². The van der Waals surface area contributed by atoms with Gasteiger partial charge in [-0.25, -0.2) is 9.67 Å². The van der Waals surface area contributed by atoms with Crippen molar-refractivity contribution in [3.05, 3.63) is 77.0 Å². The summed E-state index contributed by atoms with van der Waals surface area (Å²) in [6.07, 6.45) is 2.89. The van der Waals surface area contributed by atoms with Crippen molar-refractivity contribution in [3.8, 4) is 5.69 Å². The highest BCUT2D eigenvalue weighted by molar-refractivity contribution is 5.91. The quantitative estimate of drug-likeness (QED) is 0.508. The molecule has 0 aliphatic carbocycles. The summed E-state index contributed by atoms with van der Waals surface area (Å²) in [5.74, 6) is -0.302. The third-order valence-corrected chi connectivity index (χ3v) is 5.74. The molecule has 1 N–H and O–H groups in total. The van der Waals surface area contributed by atoms with Crippen molar-refractivity contribution in [2.24, 2.45) is 0 Å². The number of carbonyl (C=O) groups excluding carboxylic acids is 1. The molecule has 1 amide bonds. The summed E-state index contributed by atoms with van der Waals surface area (Å²) in [6, 6.07) is 15.4. The molecule has 5 rings (SSSR count). The number of aryl methyl sites for hydroxylation is 1. The molecule has 0 spiro atoms. The number of nitrogens with one attached hydrogen (secondary N) is 1. The second-order valence-electron chi connectivity index (χ2n) is 7.95. The maximum absolute atomic E-state index is 12.9. The number of hydrogen-bond acceptors (Lipinski definition) is 6. The molecule has 3 heterocycles. The molecule has 0 saturated carbocycles. The number of morpholine rings is 1. The Morgan fingerprint density at radius 3 is 2.61 bits per heavy atom. The smallest absolute Gasteiger partial charge is 0.264 e. The molecule has 1 aliphatic rings. The number of carbonyl (C=O) groups is 1. The maximum Gasteiger partial charge on any atom is 0.264 e. The molecule has 2 aromatic heterocycles. The summed E-state index contributed by atoms with van der Waals surface area (Å²) in [7, 11) is 0. The van der Waals surface area contributed by atoms with E-state index in [2.05, 4.69) is 20.3 Å². The number of ether oxygens (including phenoxy) is 1.